The Bertz CT molecular complexity index is 775. The summed E-state index contributed by atoms with van der Waals surface area (Å²) in [7, 11) is 0. The Balaban J connectivity index is 2.06. The topological polar surface area (TPSA) is 73.6 Å². The zero-order valence-corrected chi connectivity index (χ0v) is 15.0. The molecule has 0 saturated heterocycles. The minimum Gasteiger partial charge on any atom is -0.457 e. The molecule has 3 N–H and O–H groups in total. The van der Waals surface area contributed by atoms with Gasteiger partial charge in [0, 0.05) is 18.3 Å². The second-order valence-electron chi connectivity index (χ2n) is 6.39. The van der Waals surface area contributed by atoms with E-state index in [0.29, 0.717) is 22.7 Å². The van der Waals surface area contributed by atoms with Crippen LogP contribution in [0.25, 0.3) is 0 Å². The third kappa shape index (κ3) is 5.83. The van der Waals surface area contributed by atoms with E-state index in [1.807, 2.05) is 0 Å². The van der Waals surface area contributed by atoms with Crippen molar-refractivity contribution in [2.24, 2.45) is 0 Å². The molecule has 0 aliphatic heterocycles. The average Bonchev–Trinajstić information content (AvgIpc) is 2.50. The first-order valence-electron chi connectivity index (χ1n) is 7.62. The lowest BCUT2D eigenvalue weighted by Gasteiger charge is -2.20. The molecule has 2 rings (SSSR count). The number of rotatable bonds is 4. The van der Waals surface area contributed by atoms with Crippen molar-refractivity contribution < 1.29 is 18.7 Å². The number of alkyl carbamates (subject to hydrolysis) is 1. The van der Waals surface area contributed by atoms with Crippen molar-refractivity contribution in [3.05, 3.63) is 52.8 Å². The third-order valence-electron chi connectivity index (χ3n) is 3.06. The molecule has 0 aliphatic carbocycles. The van der Waals surface area contributed by atoms with Crippen LogP contribution in [0.15, 0.2) is 36.4 Å². The highest BCUT2D eigenvalue weighted by Gasteiger charge is 2.16. The number of hydrogen-bond acceptors (Lipinski definition) is 4. The monoisotopic (exact) mass is 366 g/mol. The molecule has 2 aromatic rings. The van der Waals surface area contributed by atoms with E-state index in [4.69, 9.17) is 26.8 Å². The standard InChI is InChI=1S/C18H20ClFN2O3/c1-18(2,3)25-17(23)22-10-11-8-12(5-7-16(11)21)24-13-4-6-14(19)15(20)9-13/h4-9H,10,21H2,1-3H3,(H,22,23). The van der Waals surface area contributed by atoms with Gasteiger partial charge >= 0.3 is 6.09 Å². The normalized spacial score (nSPS) is 11.1. The highest BCUT2D eigenvalue weighted by molar-refractivity contribution is 6.30. The number of nitrogens with one attached hydrogen (secondary N) is 1. The first-order chi connectivity index (χ1) is 11.6. The number of anilines is 1. The maximum atomic E-state index is 13.5. The van der Waals surface area contributed by atoms with Crippen LogP contribution in [0.3, 0.4) is 0 Å². The largest absolute Gasteiger partial charge is 0.457 e. The van der Waals surface area contributed by atoms with E-state index < -0.39 is 17.5 Å². The molecule has 0 saturated carbocycles. The summed E-state index contributed by atoms with van der Waals surface area (Å²) >= 11 is 5.65. The molecule has 0 atom stereocenters. The number of amides is 1. The molecule has 0 radical (unpaired) electrons. The van der Waals surface area contributed by atoms with Crippen LogP contribution in [0.2, 0.25) is 5.02 Å². The summed E-state index contributed by atoms with van der Waals surface area (Å²) in [5.41, 5.74) is 6.47. The van der Waals surface area contributed by atoms with Crippen LogP contribution in [-0.4, -0.2) is 11.7 Å². The summed E-state index contributed by atoms with van der Waals surface area (Å²) in [6, 6.07) is 9.12. The van der Waals surface area contributed by atoms with Gasteiger partial charge in [-0.3, -0.25) is 0 Å². The Kier molecular flexibility index (Phi) is 5.74. The lowest BCUT2D eigenvalue weighted by atomic mass is 10.1. The maximum Gasteiger partial charge on any atom is 0.407 e. The molecule has 25 heavy (non-hydrogen) atoms. The highest BCUT2D eigenvalue weighted by atomic mass is 35.5. The van der Waals surface area contributed by atoms with Crippen molar-refractivity contribution in [3.63, 3.8) is 0 Å². The van der Waals surface area contributed by atoms with Crippen molar-refractivity contribution in [2.75, 3.05) is 5.73 Å². The van der Waals surface area contributed by atoms with Crippen molar-refractivity contribution in [3.8, 4) is 11.5 Å². The Morgan fingerprint density at radius 2 is 1.84 bits per heavy atom. The second kappa shape index (κ2) is 7.61. The molecule has 0 fully saturated rings. The Hall–Kier alpha value is -2.47. The van der Waals surface area contributed by atoms with Gasteiger partial charge in [0.25, 0.3) is 0 Å². The number of nitrogen functional groups attached to an aromatic ring is 1. The summed E-state index contributed by atoms with van der Waals surface area (Å²) in [6.07, 6.45) is -0.544. The molecule has 0 heterocycles. The molecule has 0 aromatic heterocycles. The van der Waals surface area contributed by atoms with Gasteiger partial charge in [-0.1, -0.05) is 11.6 Å². The SMILES string of the molecule is CC(C)(C)OC(=O)NCc1cc(Oc2ccc(Cl)c(F)c2)ccc1N. The first kappa shape index (κ1) is 18.9. The van der Waals surface area contributed by atoms with E-state index in [1.54, 1.807) is 45.0 Å². The smallest absolute Gasteiger partial charge is 0.407 e. The van der Waals surface area contributed by atoms with Crippen LogP contribution in [0.4, 0.5) is 14.9 Å². The summed E-state index contributed by atoms with van der Waals surface area (Å²) in [5.74, 6) is 0.191. The van der Waals surface area contributed by atoms with Gasteiger partial charge in [-0.15, -0.1) is 0 Å². The molecule has 7 heteroatoms. The van der Waals surface area contributed by atoms with Gasteiger partial charge in [-0.05, 0) is 56.7 Å². The lowest BCUT2D eigenvalue weighted by Crippen LogP contribution is -2.32. The molecule has 1 amide bonds. The van der Waals surface area contributed by atoms with Gasteiger partial charge in [-0.2, -0.15) is 0 Å². The average molecular weight is 367 g/mol. The second-order valence-corrected chi connectivity index (χ2v) is 6.80. The lowest BCUT2D eigenvalue weighted by molar-refractivity contribution is 0.0523. The van der Waals surface area contributed by atoms with Gasteiger partial charge in [0.2, 0.25) is 0 Å². The predicted molar refractivity (Wildman–Crippen MR) is 95.4 cm³/mol. The van der Waals surface area contributed by atoms with Crippen molar-refractivity contribution in [2.45, 2.75) is 32.9 Å². The number of ether oxygens (including phenoxy) is 2. The molecule has 2 aromatic carbocycles. The number of nitrogens with two attached hydrogens (primary N) is 1. The predicted octanol–water partition coefficient (Wildman–Crippen LogP) is 4.88. The Morgan fingerprint density at radius 3 is 2.48 bits per heavy atom. The summed E-state index contributed by atoms with van der Waals surface area (Å²) < 4.78 is 24.2. The minimum absolute atomic E-state index is 0.0203. The molecule has 0 aliphatic rings. The molecule has 5 nitrogen and oxygen atoms in total. The van der Waals surface area contributed by atoms with E-state index in [9.17, 15) is 9.18 Å². The molecule has 0 spiro atoms. The summed E-state index contributed by atoms with van der Waals surface area (Å²) in [4.78, 5) is 11.7. The van der Waals surface area contributed by atoms with Crippen molar-refractivity contribution in [1.29, 1.82) is 0 Å². The molecule has 0 unspecified atom stereocenters. The molecular formula is C18H20ClFN2O3. The maximum absolute atomic E-state index is 13.5. The zero-order chi connectivity index (χ0) is 18.6. The molecule has 134 valence electrons. The van der Waals surface area contributed by atoms with Crippen molar-refractivity contribution >= 4 is 23.4 Å². The number of carbonyl (C=O) groups excluding carboxylic acids is 1. The highest BCUT2D eigenvalue weighted by Crippen LogP contribution is 2.27. The Morgan fingerprint density at radius 1 is 1.20 bits per heavy atom. The zero-order valence-electron chi connectivity index (χ0n) is 14.2. The van der Waals surface area contributed by atoms with E-state index >= 15 is 0 Å². The summed E-state index contributed by atoms with van der Waals surface area (Å²) in [6.45, 7) is 5.51. The van der Waals surface area contributed by atoms with E-state index in [2.05, 4.69) is 5.32 Å². The minimum atomic E-state index is -0.584. The van der Waals surface area contributed by atoms with Gasteiger partial charge in [-0.25, -0.2) is 9.18 Å². The van der Waals surface area contributed by atoms with Crippen LogP contribution < -0.4 is 15.8 Å². The number of halogens is 2. The van der Waals surface area contributed by atoms with E-state index in [0.717, 1.165) is 0 Å². The number of carbonyl (C=O) groups is 1. The fourth-order valence-corrected chi connectivity index (χ4v) is 2.07. The third-order valence-corrected chi connectivity index (χ3v) is 3.37. The van der Waals surface area contributed by atoms with Gasteiger partial charge in [0.05, 0.1) is 5.02 Å². The Labute approximate surface area is 150 Å². The van der Waals surface area contributed by atoms with Crippen LogP contribution in [0, 0.1) is 5.82 Å². The van der Waals surface area contributed by atoms with Crippen LogP contribution >= 0.6 is 11.6 Å². The van der Waals surface area contributed by atoms with Crippen LogP contribution in [0.1, 0.15) is 26.3 Å². The van der Waals surface area contributed by atoms with Gasteiger partial charge in [0.1, 0.15) is 22.9 Å². The molecule has 0 bridgehead atoms. The van der Waals surface area contributed by atoms with Gasteiger partial charge < -0.3 is 20.5 Å². The van der Waals surface area contributed by atoms with E-state index in [-0.39, 0.29) is 11.6 Å². The van der Waals surface area contributed by atoms with E-state index in [1.165, 1.54) is 12.1 Å². The summed E-state index contributed by atoms with van der Waals surface area (Å²) in [5, 5.41) is 2.65. The van der Waals surface area contributed by atoms with Gasteiger partial charge in [0.15, 0.2) is 0 Å². The first-order valence-corrected chi connectivity index (χ1v) is 8.00. The van der Waals surface area contributed by atoms with Crippen molar-refractivity contribution in [1.82, 2.24) is 5.32 Å². The fraction of sp³-hybridized carbons (Fsp3) is 0.278. The van der Waals surface area contributed by atoms with Crippen LogP contribution in [0.5, 0.6) is 11.5 Å². The number of hydrogen-bond donors (Lipinski definition) is 2. The number of benzene rings is 2. The fourth-order valence-electron chi connectivity index (χ4n) is 1.96. The molecular weight excluding hydrogens is 347 g/mol. The van der Waals surface area contributed by atoms with Crippen LogP contribution in [-0.2, 0) is 11.3 Å². The quantitative estimate of drug-likeness (QED) is 0.756.